The third kappa shape index (κ3) is 6.54. The smallest absolute Gasteiger partial charge is 0.0247 e. The molecule has 0 aromatic heterocycles. The van der Waals surface area contributed by atoms with Gasteiger partial charge >= 0.3 is 0 Å². The monoisotopic (exact) mass is 210 g/mol. The van der Waals surface area contributed by atoms with Crippen LogP contribution < -0.4 is 11.3 Å². The van der Waals surface area contributed by atoms with E-state index in [1.54, 1.807) is 0 Å². The lowest BCUT2D eigenvalue weighted by Gasteiger charge is -2.24. The van der Waals surface area contributed by atoms with E-state index in [9.17, 15) is 0 Å². The molecule has 0 amide bonds. The Morgan fingerprint density at radius 2 is 2.00 bits per heavy atom. The Kier molecular flexibility index (Phi) is 9.67. The summed E-state index contributed by atoms with van der Waals surface area (Å²) in [7, 11) is 0. The fourth-order valence-electron chi connectivity index (χ4n) is 1.96. The van der Waals surface area contributed by atoms with Gasteiger partial charge in [0.15, 0.2) is 0 Å². The van der Waals surface area contributed by atoms with Crippen molar-refractivity contribution in [3.8, 4) is 11.8 Å². The van der Waals surface area contributed by atoms with Gasteiger partial charge in [-0.05, 0) is 25.7 Å². The minimum Gasteiger partial charge on any atom is -0.271 e. The van der Waals surface area contributed by atoms with Gasteiger partial charge in [-0.15, -0.1) is 11.8 Å². The highest BCUT2D eigenvalue weighted by Crippen LogP contribution is 2.19. The van der Waals surface area contributed by atoms with Crippen LogP contribution in [0.15, 0.2) is 0 Å². The number of nitrogens with two attached hydrogens (primary N) is 1. The van der Waals surface area contributed by atoms with Crippen LogP contribution in [0.4, 0.5) is 0 Å². The van der Waals surface area contributed by atoms with Crippen LogP contribution in [-0.4, -0.2) is 6.04 Å². The third-order valence-corrected chi connectivity index (χ3v) is 2.99. The van der Waals surface area contributed by atoms with Gasteiger partial charge in [0.2, 0.25) is 0 Å². The Bertz CT molecular complexity index is 190. The Hall–Kier alpha value is -0.520. The summed E-state index contributed by atoms with van der Waals surface area (Å²) in [5, 5.41) is 0. The summed E-state index contributed by atoms with van der Waals surface area (Å²) < 4.78 is 0. The molecule has 2 unspecified atom stereocenters. The summed E-state index contributed by atoms with van der Waals surface area (Å²) >= 11 is 0. The molecule has 0 fully saturated rings. The van der Waals surface area contributed by atoms with Gasteiger partial charge in [-0.2, -0.15) is 0 Å². The van der Waals surface area contributed by atoms with Crippen molar-refractivity contribution in [2.45, 2.75) is 65.3 Å². The van der Waals surface area contributed by atoms with Crippen LogP contribution in [0.5, 0.6) is 0 Å². The van der Waals surface area contributed by atoms with Crippen molar-refractivity contribution < 1.29 is 0 Å². The summed E-state index contributed by atoms with van der Waals surface area (Å²) in [5.41, 5.74) is 2.95. The van der Waals surface area contributed by atoms with Crippen LogP contribution in [0.3, 0.4) is 0 Å². The van der Waals surface area contributed by atoms with Crippen molar-refractivity contribution in [2.24, 2.45) is 11.8 Å². The molecule has 0 heterocycles. The highest BCUT2D eigenvalue weighted by molar-refractivity contribution is 4.95. The van der Waals surface area contributed by atoms with Gasteiger partial charge in [0.05, 0.1) is 0 Å². The molecule has 0 saturated carbocycles. The summed E-state index contributed by atoms with van der Waals surface area (Å²) in [4.78, 5) is 0. The predicted molar refractivity (Wildman–Crippen MR) is 67.1 cm³/mol. The molecule has 3 N–H and O–H groups in total. The molecule has 0 spiro atoms. The highest BCUT2D eigenvalue weighted by Gasteiger charge is 2.17. The second-order valence-corrected chi connectivity index (χ2v) is 4.05. The van der Waals surface area contributed by atoms with Crippen LogP contribution in [0.1, 0.15) is 59.3 Å². The normalized spacial score (nSPS) is 14.1. The van der Waals surface area contributed by atoms with E-state index in [0.717, 1.165) is 12.8 Å². The van der Waals surface area contributed by atoms with E-state index in [1.807, 2.05) is 6.92 Å². The van der Waals surface area contributed by atoms with Gasteiger partial charge < -0.3 is 0 Å². The predicted octanol–water partition coefficient (Wildman–Crippen LogP) is 2.84. The molecular weight excluding hydrogens is 184 g/mol. The number of hydrazine groups is 1. The second-order valence-electron chi connectivity index (χ2n) is 4.05. The molecule has 0 aromatic carbocycles. The minimum atomic E-state index is 0.433. The van der Waals surface area contributed by atoms with Crippen molar-refractivity contribution in [1.29, 1.82) is 0 Å². The number of rotatable bonds is 8. The van der Waals surface area contributed by atoms with Gasteiger partial charge in [-0.25, -0.2) is 0 Å². The van der Waals surface area contributed by atoms with E-state index in [0.29, 0.717) is 12.0 Å². The van der Waals surface area contributed by atoms with E-state index in [4.69, 9.17) is 5.84 Å². The van der Waals surface area contributed by atoms with Crippen molar-refractivity contribution in [3.63, 3.8) is 0 Å². The first kappa shape index (κ1) is 14.5. The fourth-order valence-corrected chi connectivity index (χ4v) is 1.96. The van der Waals surface area contributed by atoms with Crippen molar-refractivity contribution in [3.05, 3.63) is 0 Å². The lowest BCUT2D eigenvalue weighted by Crippen LogP contribution is -2.40. The maximum atomic E-state index is 5.61. The second kappa shape index (κ2) is 10.0. The molecule has 2 nitrogen and oxygen atoms in total. The quantitative estimate of drug-likeness (QED) is 0.367. The first-order valence-corrected chi connectivity index (χ1v) is 6.15. The molecule has 0 saturated heterocycles. The largest absolute Gasteiger partial charge is 0.271 e. The fraction of sp³-hybridized carbons (Fsp3) is 0.846. The summed E-state index contributed by atoms with van der Waals surface area (Å²) in [5.74, 6) is 12.3. The molecule has 0 aliphatic carbocycles. The Labute approximate surface area is 95.0 Å². The van der Waals surface area contributed by atoms with Crippen molar-refractivity contribution in [1.82, 2.24) is 5.43 Å². The van der Waals surface area contributed by atoms with E-state index in [1.165, 1.54) is 25.7 Å². The summed E-state index contributed by atoms with van der Waals surface area (Å²) in [6.45, 7) is 6.37. The number of nitrogens with one attached hydrogen (secondary N) is 1. The zero-order chi connectivity index (χ0) is 11.5. The maximum Gasteiger partial charge on any atom is 0.0247 e. The van der Waals surface area contributed by atoms with Crippen LogP contribution in [0.25, 0.3) is 0 Å². The summed E-state index contributed by atoms with van der Waals surface area (Å²) in [6.07, 6.45) is 7.07. The molecule has 0 aromatic rings. The minimum absolute atomic E-state index is 0.433. The first-order chi connectivity index (χ1) is 7.29. The van der Waals surface area contributed by atoms with E-state index in [-0.39, 0.29) is 0 Å². The SMILES string of the molecule is CC#CCCC(NN)C(CC)CCCC. The average molecular weight is 210 g/mol. The third-order valence-electron chi connectivity index (χ3n) is 2.99. The number of hydrogen-bond acceptors (Lipinski definition) is 2. The first-order valence-electron chi connectivity index (χ1n) is 6.15. The average Bonchev–Trinajstić information content (AvgIpc) is 2.27. The van der Waals surface area contributed by atoms with Gasteiger partial charge in [0.1, 0.15) is 0 Å². The number of hydrogen-bond donors (Lipinski definition) is 2. The molecule has 0 aliphatic heterocycles. The number of unbranched alkanes of at least 4 members (excludes halogenated alkanes) is 1. The van der Waals surface area contributed by atoms with Crippen molar-refractivity contribution >= 4 is 0 Å². The van der Waals surface area contributed by atoms with Crippen molar-refractivity contribution in [2.75, 3.05) is 0 Å². The molecule has 0 rings (SSSR count). The van der Waals surface area contributed by atoms with Crippen LogP contribution in [0.2, 0.25) is 0 Å². The van der Waals surface area contributed by atoms with Gasteiger partial charge in [0, 0.05) is 12.5 Å². The van der Waals surface area contributed by atoms with Crippen LogP contribution >= 0.6 is 0 Å². The zero-order valence-electron chi connectivity index (χ0n) is 10.5. The molecule has 0 aliphatic rings. The van der Waals surface area contributed by atoms with E-state index in [2.05, 4.69) is 31.1 Å². The molecule has 2 atom stereocenters. The molecule has 0 radical (unpaired) electrons. The molecule has 15 heavy (non-hydrogen) atoms. The summed E-state index contributed by atoms with van der Waals surface area (Å²) in [6, 6.07) is 0.433. The molecule has 0 bridgehead atoms. The molecule has 88 valence electrons. The van der Waals surface area contributed by atoms with Gasteiger partial charge in [-0.3, -0.25) is 11.3 Å². The van der Waals surface area contributed by atoms with E-state index < -0.39 is 0 Å². The maximum absolute atomic E-state index is 5.61. The van der Waals surface area contributed by atoms with Gasteiger partial charge in [-0.1, -0.05) is 33.1 Å². The topological polar surface area (TPSA) is 38.0 Å². The zero-order valence-corrected chi connectivity index (χ0v) is 10.5. The van der Waals surface area contributed by atoms with Gasteiger partial charge in [0.25, 0.3) is 0 Å². The standard InChI is InChI=1S/C13H26N2/c1-4-7-9-11-13(15-14)12(6-3)10-8-5-2/h12-13,15H,5-6,8-11,14H2,1-3H3. The Morgan fingerprint density at radius 3 is 2.47 bits per heavy atom. The lowest BCUT2D eigenvalue weighted by atomic mass is 9.89. The Morgan fingerprint density at radius 1 is 1.27 bits per heavy atom. The highest BCUT2D eigenvalue weighted by atomic mass is 15.2. The van der Waals surface area contributed by atoms with Crippen LogP contribution in [-0.2, 0) is 0 Å². The Balaban J connectivity index is 3.99. The van der Waals surface area contributed by atoms with E-state index >= 15 is 0 Å². The molecule has 2 heteroatoms. The molecular formula is C13H26N2. The lowest BCUT2D eigenvalue weighted by molar-refractivity contribution is 0.308. The van der Waals surface area contributed by atoms with Crippen LogP contribution in [0, 0.1) is 17.8 Å².